The van der Waals surface area contributed by atoms with Crippen LogP contribution >= 0.6 is 15.9 Å². The number of hydrogen-bond donors (Lipinski definition) is 1. The lowest BCUT2D eigenvalue weighted by atomic mass is 10.3. The fourth-order valence-electron chi connectivity index (χ4n) is 2.34. The van der Waals surface area contributed by atoms with Gasteiger partial charge in [0.2, 0.25) is 0 Å². The minimum absolute atomic E-state index is 0.742. The number of anilines is 1. The molecule has 2 heterocycles. The number of aryl methyl sites for hydroxylation is 1. The summed E-state index contributed by atoms with van der Waals surface area (Å²) >= 11 is 3.65. The van der Waals surface area contributed by atoms with Gasteiger partial charge in [0.25, 0.3) is 0 Å². The van der Waals surface area contributed by atoms with E-state index in [1.807, 2.05) is 12.3 Å². The van der Waals surface area contributed by atoms with E-state index in [4.69, 9.17) is 5.73 Å². The summed E-state index contributed by atoms with van der Waals surface area (Å²) in [5, 5.41) is 0. The molecule has 100 valence electrons. The molecule has 0 amide bonds. The Balaban J connectivity index is 2.07. The largest absolute Gasteiger partial charge is 0.354 e. The van der Waals surface area contributed by atoms with Crippen molar-refractivity contribution >= 4 is 21.7 Å². The Morgan fingerprint density at radius 3 is 2.94 bits per heavy atom. The lowest BCUT2D eigenvalue weighted by Crippen LogP contribution is -2.34. The minimum atomic E-state index is 0.742. The van der Waals surface area contributed by atoms with Crippen molar-refractivity contribution in [2.45, 2.75) is 13.3 Å². The first-order valence-corrected chi connectivity index (χ1v) is 7.30. The highest BCUT2D eigenvalue weighted by Crippen LogP contribution is 2.27. The van der Waals surface area contributed by atoms with E-state index in [1.54, 1.807) is 0 Å². The number of nitrogens with two attached hydrogens (primary N) is 1. The number of pyridine rings is 1. The molecule has 0 atom stereocenters. The van der Waals surface area contributed by atoms with Gasteiger partial charge in [-0.15, -0.1) is 0 Å². The van der Waals surface area contributed by atoms with Gasteiger partial charge in [0.05, 0.1) is 4.47 Å². The first kappa shape index (κ1) is 13.8. The van der Waals surface area contributed by atoms with Crippen molar-refractivity contribution in [1.29, 1.82) is 0 Å². The summed E-state index contributed by atoms with van der Waals surface area (Å²) in [4.78, 5) is 9.31. The summed E-state index contributed by atoms with van der Waals surface area (Å²) in [5.41, 5.74) is 6.86. The van der Waals surface area contributed by atoms with Gasteiger partial charge in [-0.3, -0.25) is 0 Å². The third-order valence-electron chi connectivity index (χ3n) is 3.40. The normalized spacial score (nSPS) is 17.8. The SMILES string of the molecule is Cc1ccnc(N2CCCN(CCN)CC2)c1Br. The molecule has 1 saturated heterocycles. The molecule has 0 saturated carbocycles. The first-order valence-electron chi connectivity index (χ1n) is 6.51. The maximum Gasteiger partial charge on any atom is 0.143 e. The van der Waals surface area contributed by atoms with Gasteiger partial charge in [-0.2, -0.15) is 0 Å². The molecule has 2 N–H and O–H groups in total. The van der Waals surface area contributed by atoms with Gasteiger partial charge in [-0.25, -0.2) is 4.98 Å². The van der Waals surface area contributed by atoms with Crippen LogP contribution in [0.4, 0.5) is 5.82 Å². The third-order valence-corrected chi connectivity index (χ3v) is 4.38. The average Bonchev–Trinajstić information content (AvgIpc) is 2.59. The molecule has 0 aromatic carbocycles. The number of nitrogens with zero attached hydrogens (tertiary/aromatic N) is 3. The van der Waals surface area contributed by atoms with Crippen LogP contribution in [0.2, 0.25) is 0 Å². The van der Waals surface area contributed by atoms with Crippen LogP contribution in [-0.2, 0) is 0 Å². The van der Waals surface area contributed by atoms with E-state index in [1.165, 1.54) is 12.0 Å². The van der Waals surface area contributed by atoms with E-state index in [-0.39, 0.29) is 0 Å². The van der Waals surface area contributed by atoms with Crippen LogP contribution < -0.4 is 10.6 Å². The van der Waals surface area contributed by atoms with Crippen molar-refractivity contribution in [3.05, 3.63) is 22.3 Å². The molecule has 0 unspecified atom stereocenters. The van der Waals surface area contributed by atoms with Gasteiger partial charge in [0.15, 0.2) is 0 Å². The Morgan fingerprint density at radius 2 is 2.17 bits per heavy atom. The molecule has 0 radical (unpaired) electrons. The number of hydrogen-bond acceptors (Lipinski definition) is 4. The van der Waals surface area contributed by atoms with Gasteiger partial charge < -0.3 is 15.5 Å². The van der Waals surface area contributed by atoms with E-state index in [9.17, 15) is 0 Å². The molecule has 1 aromatic rings. The fourth-order valence-corrected chi connectivity index (χ4v) is 2.82. The van der Waals surface area contributed by atoms with Crippen LogP contribution in [0.15, 0.2) is 16.7 Å². The Kier molecular flexibility index (Phi) is 4.97. The first-order chi connectivity index (χ1) is 8.72. The number of halogens is 1. The monoisotopic (exact) mass is 312 g/mol. The van der Waals surface area contributed by atoms with E-state index in [0.717, 1.165) is 49.6 Å². The predicted octanol–water partition coefficient (Wildman–Crippen LogP) is 1.62. The molecule has 1 fully saturated rings. The molecule has 1 aliphatic heterocycles. The highest BCUT2D eigenvalue weighted by Gasteiger charge is 2.17. The lowest BCUT2D eigenvalue weighted by Gasteiger charge is -2.23. The standard InChI is InChI=1S/C13H21BrN4/c1-11-3-5-16-13(12(11)14)18-7-2-6-17(8-4-15)9-10-18/h3,5H,2,4,6-10,15H2,1H3. The van der Waals surface area contributed by atoms with Crippen LogP contribution in [0.25, 0.3) is 0 Å². The van der Waals surface area contributed by atoms with Crippen LogP contribution in [0.1, 0.15) is 12.0 Å². The summed E-state index contributed by atoms with van der Waals surface area (Å²) in [7, 11) is 0. The summed E-state index contributed by atoms with van der Waals surface area (Å²) in [6, 6.07) is 2.03. The van der Waals surface area contributed by atoms with Crippen molar-refractivity contribution in [2.75, 3.05) is 44.2 Å². The second-order valence-corrected chi connectivity index (χ2v) is 5.53. The summed E-state index contributed by atoms with van der Waals surface area (Å²) in [5.74, 6) is 1.07. The van der Waals surface area contributed by atoms with Crippen molar-refractivity contribution < 1.29 is 0 Å². The van der Waals surface area contributed by atoms with Crippen LogP contribution in [-0.4, -0.2) is 49.2 Å². The lowest BCUT2D eigenvalue weighted by molar-refractivity contribution is 0.302. The van der Waals surface area contributed by atoms with Crippen molar-refractivity contribution in [3.8, 4) is 0 Å². The minimum Gasteiger partial charge on any atom is -0.354 e. The summed E-state index contributed by atoms with van der Waals surface area (Å²) < 4.78 is 1.12. The Morgan fingerprint density at radius 1 is 1.33 bits per heavy atom. The predicted molar refractivity (Wildman–Crippen MR) is 79.0 cm³/mol. The zero-order valence-electron chi connectivity index (χ0n) is 10.9. The molecule has 2 rings (SSSR count). The molecular weight excluding hydrogens is 292 g/mol. The van der Waals surface area contributed by atoms with E-state index >= 15 is 0 Å². The second kappa shape index (κ2) is 6.50. The van der Waals surface area contributed by atoms with Gasteiger partial charge in [-0.05, 0) is 47.4 Å². The zero-order valence-corrected chi connectivity index (χ0v) is 12.5. The summed E-state index contributed by atoms with van der Waals surface area (Å²) in [6.45, 7) is 8.14. The third kappa shape index (κ3) is 3.22. The second-order valence-electron chi connectivity index (χ2n) is 4.74. The Bertz CT molecular complexity index is 397. The van der Waals surface area contributed by atoms with E-state index in [2.05, 4.69) is 37.6 Å². The molecule has 1 aliphatic rings. The molecule has 0 aliphatic carbocycles. The van der Waals surface area contributed by atoms with Gasteiger partial charge in [0, 0.05) is 38.9 Å². The topological polar surface area (TPSA) is 45.4 Å². The van der Waals surface area contributed by atoms with Crippen LogP contribution in [0, 0.1) is 6.92 Å². The van der Waals surface area contributed by atoms with Gasteiger partial charge in [0.1, 0.15) is 5.82 Å². The highest BCUT2D eigenvalue weighted by atomic mass is 79.9. The molecule has 1 aromatic heterocycles. The summed E-state index contributed by atoms with van der Waals surface area (Å²) in [6.07, 6.45) is 3.06. The molecule has 0 spiro atoms. The molecule has 18 heavy (non-hydrogen) atoms. The van der Waals surface area contributed by atoms with E-state index < -0.39 is 0 Å². The fraction of sp³-hybridized carbons (Fsp3) is 0.615. The van der Waals surface area contributed by atoms with Crippen LogP contribution in [0.3, 0.4) is 0 Å². The van der Waals surface area contributed by atoms with Gasteiger partial charge in [-0.1, -0.05) is 0 Å². The maximum atomic E-state index is 5.63. The van der Waals surface area contributed by atoms with Crippen molar-refractivity contribution in [1.82, 2.24) is 9.88 Å². The highest BCUT2D eigenvalue weighted by molar-refractivity contribution is 9.10. The quantitative estimate of drug-likeness (QED) is 0.921. The molecule has 4 nitrogen and oxygen atoms in total. The Labute approximate surface area is 117 Å². The zero-order chi connectivity index (χ0) is 13.0. The Hall–Kier alpha value is -0.650. The van der Waals surface area contributed by atoms with Gasteiger partial charge >= 0.3 is 0 Å². The van der Waals surface area contributed by atoms with Crippen LogP contribution in [0.5, 0.6) is 0 Å². The molecule has 0 bridgehead atoms. The number of aromatic nitrogens is 1. The van der Waals surface area contributed by atoms with E-state index in [0.29, 0.717) is 0 Å². The smallest absolute Gasteiger partial charge is 0.143 e. The molecule has 5 heteroatoms. The average molecular weight is 313 g/mol. The van der Waals surface area contributed by atoms with Crippen molar-refractivity contribution in [2.24, 2.45) is 5.73 Å². The number of rotatable bonds is 3. The maximum absolute atomic E-state index is 5.63. The molecular formula is C13H21BrN4. The van der Waals surface area contributed by atoms with Crippen molar-refractivity contribution in [3.63, 3.8) is 0 Å².